The number of hydroxylamine groups is 1. The van der Waals surface area contributed by atoms with Crippen LogP contribution >= 0.6 is 0 Å². The molecule has 0 spiro atoms. The Kier molecular flexibility index (Phi) is 6.43. The summed E-state index contributed by atoms with van der Waals surface area (Å²) >= 11 is 0. The van der Waals surface area contributed by atoms with Crippen molar-refractivity contribution in [3.05, 3.63) is 12.1 Å². The SMILES string of the molecule is COc1ccc2c(c1OC)OC(O[C@@H]1O[C@H](CO)[C@@H](O)[C@H](O)[C@H]1O)C(=O)N2OC. The second-order valence-corrected chi connectivity index (χ2v) is 6.25. The highest BCUT2D eigenvalue weighted by Crippen LogP contribution is 2.47. The van der Waals surface area contributed by atoms with Crippen molar-refractivity contribution in [2.45, 2.75) is 37.0 Å². The van der Waals surface area contributed by atoms with Crippen molar-refractivity contribution in [3.8, 4) is 17.2 Å². The van der Waals surface area contributed by atoms with Crippen LogP contribution in [0.1, 0.15) is 0 Å². The van der Waals surface area contributed by atoms with Gasteiger partial charge in [-0.3, -0.25) is 9.63 Å². The van der Waals surface area contributed by atoms with Gasteiger partial charge in [0.15, 0.2) is 17.8 Å². The predicted molar refractivity (Wildman–Crippen MR) is 93.3 cm³/mol. The van der Waals surface area contributed by atoms with E-state index in [1.165, 1.54) is 27.4 Å². The number of anilines is 1. The molecule has 29 heavy (non-hydrogen) atoms. The molecular formula is C17H23NO11. The standard InChI is InChI=1S/C17H23NO11/c1-24-8-5-4-7-13(14(8)25-2)28-17(15(23)18(7)26-3)29-16-12(22)11(21)10(20)9(6-19)27-16/h4-5,9-12,16-17,19-22H,6H2,1-3H3/t9-,10-,11+,12-,16+,17?/m1/s1. The number of fused-ring (bicyclic) bond motifs is 1. The fourth-order valence-corrected chi connectivity index (χ4v) is 3.11. The van der Waals surface area contributed by atoms with E-state index in [4.69, 9.17) is 28.5 Å². The Hall–Kier alpha value is -2.19. The van der Waals surface area contributed by atoms with E-state index in [1.54, 1.807) is 6.07 Å². The number of hydrogen-bond acceptors (Lipinski definition) is 11. The lowest BCUT2D eigenvalue weighted by Gasteiger charge is -2.41. The summed E-state index contributed by atoms with van der Waals surface area (Å²) in [7, 11) is 4.06. The zero-order valence-corrected chi connectivity index (χ0v) is 15.9. The van der Waals surface area contributed by atoms with Crippen LogP contribution in [0.3, 0.4) is 0 Å². The fourth-order valence-electron chi connectivity index (χ4n) is 3.11. The zero-order chi connectivity index (χ0) is 21.3. The van der Waals surface area contributed by atoms with E-state index in [-0.39, 0.29) is 17.2 Å². The number of ether oxygens (including phenoxy) is 5. The summed E-state index contributed by atoms with van der Waals surface area (Å²) in [6.07, 6.45) is -9.42. The van der Waals surface area contributed by atoms with Crippen LogP contribution in [0.25, 0.3) is 0 Å². The lowest BCUT2D eigenvalue weighted by Crippen LogP contribution is -2.61. The second kappa shape index (κ2) is 8.67. The zero-order valence-electron chi connectivity index (χ0n) is 15.9. The number of benzene rings is 1. The van der Waals surface area contributed by atoms with Gasteiger partial charge >= 0.3 is 5.91 Å². The molecule has 1 unspecified atom stereocenters. The van der Waals surface area contributed by atoms with Gasteiger partial charge in [0.25, 0.3) is 6.29 Å². The molecule has 1 fully saturated rings. The number of carbonyl (C=O) groups is 1. The smallest absolute Gasteiger partial charge is 0.320 e. The Morgan fingerprint density at radius 2 is 1.79 bits per heavy atom. The van der Waals surface area contributed by atoms with E-state index in [9.17, 15) is 25.2 Å². The van der Waals surface area contributed by atoms with E-state index < -0.39 is 49.5 Å². The van der Waals surface area contributed by atoms with Gasteiger partial charge in [-0.15, -0.1) is 0 Å². The molecule has 1 aromatic carbocycles. The van der Waals surface area contributed by atoms with Crippen molar-refractivity contribution in [2.75, 3.05) is 33.0 Å². The summed E-state index contributed by atoms with van der Waals surface area (Å²) in [5, 5.41) is 40.1. The Bertz CT molecular complexity index is 742. The van der Waals surface area contributed by atoms with Crippen LogP contribution in [0.15, 0.2) is 12.1 Å². The van der Waals surface area contributed by atoms with Crippen LogP contribution in [-0.2, 0) is 19.1 Å². The maximum Gasteiger partial charge on any atom is 0.320 e. The molecule has 0 bridgehead atoms. The van der Waals surface area contributed by atoms with Gasteiger partial charge in [0, 0.05) is 0 Å². The third-order valence-electron chi connectivity index (χ3n) is 4.61. The Morgan fingerprint density at radius 1 is 1.07 bits per heavy atom. The number of carbonyl (C=O) groups excluding carboxylic acids is 1. The minimum Gasteiger partial charge on any atom is -0.493 e. The lowest BCUT2D eigenvalue weighted by molar-refractivity contribution is -0.323. The van der Waals surface area contributed by atoms with Gasteiger partial charge in [0.05, 0.1) is 27.9 Å². The molecule has 3 rings (SSSR count). The molecular weight excluding hydrogens is 394 g/mol. The maximum atomic E-state index is 12.7. The van der Waals surface area contributed by atoms with Crippen LogP contribution in [0, 0.1) is 0 Å². The number of rotatable bonds is 6. The van der Waals surface area contributed by atoms with Gasteiger partial charge in [-0.25, -0.2) is 0 Å². The molecule has 0 saturated carbocycles. The first-order valence-electron chi connectivity index (χ1n) is 8.63. The van der Waals surface area contributed by atoms with Crippen molar-refractivity contribution < 1.29 is 53.7 Å². The number of nitrogens with zero attached hydrogens (tertiary/aromatic N) is 1. The molecule has 2 heterocycles. The van der Waals surface area contributed by atoms with Gasteiger partial charge in [0.1, 0.15) is 30.1 Å². The van der Waals surface area contributed by atoms with Gasteiger partial charge in [-0.05, 0) is 12.1 Å². The molecule has 1 saturated heterocycles. The largest absolute Gasteiger partial charge is 0.493 e. The molecule has 12 nitrogen and oxygen atoms in total. The molecule has 0 aromatic heterocycles. The second-order valence-electron chi connectivity index (χ2n) is 6.25. The van der Waals surface area contributed by atoms with E-state index in [1.807, 2.05) is 0 Å². The number of aliphatic hydroxyl groups is 4. The van der Waals surface area contributed by atoms with Crippen molar-refractivity contribution in [1.29, 1.82) is 0 Å². The number of aliphatic hydroxyl groups excluding tert-OH is 4. The molecule has 0 aliphatic carbocycles. The molecule has 1 amide bonds. The first-order valence-corrected chi connectivity index (χ1v) is 8.63. The van der Waals surface area contributed by atoms with Crippen molar-refractivity contribution in [1.82, 2.24) is 0 Å². The van der Waals surface area contributed by atoms with Crippen LogP contribution in [0.4, 0.5) is 5.69 Å². The number of hydrogen-bond donors (Lipinski definition) is 4. The van der Waals surface area contributed by atoms with Crippen LogP contribution in [0.2, 0.25) is 0 Å². The highest BCUT2D eigenvalue weighted by Gasteiger charge is 2.48. The van der Waals surface area contributed by atoms with E-state index >= 15 is 0 Å². The molecule has 1 aromatic rings. The van der Waals surface area contributed by atoms with Crippen LogP contribution in [-0.4, -0.2) is 91.3 Å². The maximum absolute atomic E-state index is 12.7. The number of methoxy groups -OCH3 is 2. The Morgan fingerprint density at radius 3 is 2.38 bits per heavy atom. The summed E-state index contributed by atoms with van der Waals surface area (Å²) < 4.78 is 26.8. The minimum absolute atomic E-state index is 0.0721. The van der Waals surface area contributed by atoms with Crippen molar-refractivity contribution in [2.24, 2.45) is 0 Å². The van der Waals surface area contributed by atoms with Crippen LogP contribution < -0.4 is 19.3 Å². The average molecular weight is 417 g/mol. The fraction of sp³-hybridized carbons (Fsp3) is 0.588. The van der Waals surface area contributed by atoms with E-state index in [0.29, 0.717) is 5.75 Å². The summed E-state index contributed by atoms with van der Waals surface area (Å²) in [6.45, 7) is -0.650. The molecule has 2 aliphatic rings. The topological polar surface area (TPSA) is 157 Å². The third kappa shape index (κ3) is 3.71. The molecule has 0 radical (unpaired) electrons. The first kappa shape index (κ1) is 21.5. The van der Waals surface area contributed by atoms with Crippen molar-refractivity contribution in [3.63, 3.8) is 0 Å². The highest BCUT2D eigenvalue weighted by molar-refractivity contribution is 5.98. The van der Waals surface area contributed by atoms with Gasteiger partial charge in [0.2, 0.25) is 5.75 Å². The third-order valence-corrected chi connectivity index (χ3v) is 4.61. The Balaban J connectivity index is 1.91. The summed E-state index contributed by atoms with van der Waals surface area (Å²) in [5.41, 5.74) is 0.226. The quantitative estimate of drug-likeness (QED) is 0.411. The van der Waals surface area contributed by atoms with E-state index in [0.717, 1.165) is 5.06 Å². The number of amides is 1. The van der Waals surface area contributed by atoms with Gasteiger partial charge in [-0.1, -0.05) is 0 Å². The molecule has 2 aliphatic heterocycles. The molecule has 12 heteroatoms. The first-order chi connectivity index (χ1) is 13.9. The minimum atomic E-state index is -1.71. The molecule has 6 atom stereocenters. The van der Waals surface area contributed by atoms with Gasteiger partial charge in [-0.2, -0.15) is 5.06 Å². The van der Waals surface area contributed by atoms with Crippen molar-refractivity contribution >= 4 is 11.6 Å². The monoisotopic (exact) mass is 417 g/mol. The molecule has 4 N–H and O–H groups in total. The lowest BCUT2D eigenvalue weighted by atomic mass is 9.99. The summed E-state index contributed by atoms with van der Waals surface area (Å²) in [4.78, 5) is 17.9. The average Bonchev–Trinajstić information content (AvgIpc) is 2.73. The summed E-state index contributed by atoms with van der Waals surface area (Å²) in [6, 6.07) is 3.07. The van der Waals surface area contributed by atoms with Gasteiger partial charge < -0.3 is 44.1 Å². The Labute approximate surface area is 165 Å². The molecule has 162 valence electrons. The van der Waals surface area contributed by atoms with Crippen LogP contribution in [0.5, 0.6) is 17.2 Å². The van der Waals surface area contributed by atoms with E-state index in [2.05, 4.69) is 0 Å². The summed E-state index contributed by atoms with van der Waals surface area (Å²) in [5.74, 6) is -0.225. The normalized spacial score (nSPS) is 31.8. The highest BCUT2D eigenvalue weighted by atomic mass is 16.8. The predicted octanol–water partition coefficient (Wildman–Crippen LogP) is -1.87.